The number of carbonyl (C=O) groups is 1. The van der Waals surface area contributed by atoms with Gasteiger partial charge in [0.05, 0.1) is 18.5 Å². The second kappa shape index (κ2) is 7.68. The Morgan fingerprint density at radius 2 is 2.11 bits per heavy atom. The SMILES string of the molecule is COc1cccc(CN2CCC[C@H](c3cc4n(n3)CCCN(C)C4=O)C2)n1. The van der Waals surface area contributed by atoms with Crippen molar-refractivity contribution in [2.45, 2.75) is 38.3 Å². The Morgan fingerprint density at radius 1 is 1.22 bits per heavy atom. The summed E-state index contributed by atoms with van der Waals surface area (Å²) >= 11 is 0. The van der Waals surface area contributed by atoms with E-state index in [-0.39, 0.29) is 5.91 Å². The quantitative estimate of drug-likeness (QED) is 0.826. The van der Waals surface area contributed by atoms with Crippen molar-refractivity contribution in [1.82, 2.24) is 24.6 Å². The van der Waals surface area contributed by atoms with Crippen molar-refractivity contribution in [3.05, 3.63) is 41.3 Å². The highest BCUT2D eigenvalue weighted by molar-refractivity contribution is 5.92. The first-order chi connectivity index (χ1) is 13.1. The lowest BCUT2D eigenvalue weighted by Gasteiger charge is -2.31. The molecule has 0 spiro atoms. The van der Waals surface area contributed by atoms with Crippen LogP contribution in [0.4, 0.5) is 0 Å². The van der Waals surface area contributed by atoms with Gasteiger partial charge in [-0.3, -0.25) is 14.4 Å². The van der Waals surface area contributed by atoms with Crippen LogP contribution in [0.2, 0.25) is 0 Å². The lowest BCUT2D eigenvalue weighted by molar-refractivity contribution is 0.0796. The molecule has 4 heterocycles. The second-order valence-electron chi connectivity index (χ2n) is 7.50. The van der Waals surface area contributed by atoms with Gasteiger partial charge in [-0.25, -0.2) is 4.98 Å². The molecular formula is C20H27N5O2. The van der Waals surface area contributed by atoms with E-state index in [1.807, 2.05) is 36.0 Å². The Hall–Kier alpha value is -2.41. The molecule has 7 heteroatoms. The molecular weight excluding hydrogens is 342 g/mol. The Morgan fingerprint density at radius 3 is 2.96 bits per heavy atom. The van der Waals surface area contributed by atoms with E-state index in [1.165, 1.54) is 0 Å². The van der Waals surface area contributed by atoms with Crippen molar-refractivity contribution in [2.24, 2.45) is 0 Å². The summed E-state index contributed by atoms with van der Waals surface area (Å²) in [5.41, 5.74) is 2.81. The molecule has 0 saturated carbocycles. The molecule has 2 aliphatic rings. The summed E-state index contributed by atoms with van der Waals surface area (Å²) in [6.07, 6.45) is 3.20. The van der Waals surface area contributed by atoms with Crippen LogP contribution in [-0.4, -0.2) is 64.3 Å². The number of likely N-dealkylation sites (tertiary alicyclic amines) is 1. The summed E-state index contributed by atoms with van der Waals surface area (Å²) in [5, 5.41) is 4.80. The summed E-state index contributed by atoms with van der Waals surface area (Å²) in [4.78, 5) is 21.3. The van der Waals surface area contributed by atoms with Gasteiger partial charge in [-0.2, -0.15) is 5.10 Å². The van der Waals surface area contributed by atoms with Crippen LogP contribution in [0.5, 0.6) is 5.88 Å². The molecule has 0 aromatic carbocycles. The van der Waals surface area contributed by atoms with Gasteiger partial charge >= 0.3 is 0 Å². The summed E-state index contributed by atoms with van der Waals surface area (Å²) in [6, 6.07) is 7.91. The zero-order valence-corrected chi connectivity index (χ0v) is 16.1. The third-order valence-corrected chi connectivity index (χ3v) is 5.53. The highest BCUT2D eigenvalue weighted by Crippen LogP contribution is 2.28. The van der Waals surface area contributed by atoms with Crippen LogP contribution in [0.15, 0.2) is 24.3 Å². The predicted octanol–water partition coefficient (Wildman–Crippen LogP) is 2.14. The zero-order valence-electron chi connectivity index (χ0n) is 16.1. The van der Waals surface area contributed by atoms with E-state index in [0.29, 0.717) is 11.8 Å². The maximum absolute atomic E-state index is 12.5. The highest BCUT2D eigenvalue weighted by Gasteiger charge is 2.28. The maximum atomic E-state index is 12.5. The molecule has 1 fully saturated rings. The number of nitrogens with zero attached hydrogens (tertiary/aromatic N) is 5. The van der Waals surface area contributed by atoms with Crippen LogP contribution in [0, 0.1) is 0 Å². The van der Waals surface area contributed by atoms with Crippen molar-refractivity contribution < 1.29 is 9.53 Å². The van der Waals surface area contributed by atoms with Crippen LogP contribution in [0.25, 0.3) is 0 Å². The molecule has 1 saturated heterocycles. The number of aryl methyl sites for hydroxylation is 1. The highest BCUT2D eigenvalue weighted by atomic mass is 16.5. The number of methoxy groups -OCH3 is 1. The number of hydrogen-bond acceptors (Lipinski definition) is 5. The summed E-state index contributed by atoms with van der Waals surface area (Å²) in [7, 11) is 3.51. The van der Waals surface area contributed by atoms with Crippen molar-refractivity contribution in [3.8, 4) is 5.88 Å². The van der Waals surface area contributed by atoms with Gasteiger partial charge in [0.15, 0.2) is 0 Å². The largest absolute Gasteiger partial charge is 0.481 e. The van der Waals surface area contributed by atoms with E-state index in [4.69, 9.17) is 9.84 Å². The Bertz CT molecular complexity index is 818. The second-order valence-corrected chi connectivity index (χ2v) is 7.50. The average Bonchev–Trinajstić information content (AvgIpc) is 3.06. The molecule has 1 amide bonds. The molecule has 2 aliphatic heterocycles. The van der Waals surface area contributed by atoms with Crippen LogP contribution < -0.4 is 4.74 Å². The smallest absolute Gasteiger partial charge is 0.271 e. The van der Waals surface area contributed by atoms with Crippen molar-refractivity contribution in [2.75, 3.05) is 33.8 Å². The van der Waals surface area contributed by atoms with Gasteiger partial charge in [0, 0.05) is 45.2 Å². The van der Waals surface area contributed by atoms with Gasteiger partial charge in [-0.15, -0.1) is 0 Å². The number of rotatable bonds is 4. The Balaban J connectivity index is 1.48. The molecule has 4 rings (SSSR count). The lowest BCUT2D eigenvalue weighted by atomic mass is 9.94. The van der Waals surface area contributed by atoms with Crippen molar-refractivity contribution in [3.63, 3.8) is 0 Å². The number of amides is 1. The van der Waals surface area contributed by atoms with Gasteiger partial charge in [0.2, 0.25) is 5.88 Å². The molecule has 2 aromatic heterocycles. The number of aromatic nitrogens is 3. The van der Waals surface area contributed by atoms with Crippen molar-refractivity contribution in [1.29, 1.82) is 0 Å². The number of ether oxygens (including phenoxy) is 1. The molecule has 2 aromatic rings. The summed E-state index contributed by atoms with van der Waals surface area (Å²) in [6.45, 7) is 4.42. The third kappa shape index (κ3) is 3.83. The van der Waals surface area contributed by atoms with Crippen LogP contribution in [0.3, 0.4) is 0 Å². The fourth-order valence-electron chi connectivity index (χ4n) is 4.06. The Labute approximate surface area is 159 Å². The third-order valence-electron chi connectivity index (χ3n) is 5.53. The molecule has 0 N–H and O–H groups in total. The summed E-state index contributed by atoms with van der Waals surface area (Å²) < 4.78 is 7.14. The number of piperidine rings is 1. The first kappa shape index (κ1) is 18.0. The minimum Gasteiger partial charge on any atom is -0.481 e. The molecule has 0 aliphatic carbocycles. The molecule has 144 valence electrons. The number of pyridine rings is 1. The fourth-order valence-corrected chi connectivity index (χ4v) is 4.06. The summed E-state index contributed by atoms with van der Waals surface area (Å²) in [5.74, 6) is 1.10. The van der Waals surface area contributed by atoms with Gasteiger partial charge in [-0.05, 0) is 37.9 Å². The first-order valence-corrected chi connectivity index (χ1v) is 9.69. The minimum atomic E-state index is 0.0829. The van der Waals surface area contributed by atoms with Gasteiger partial charge in [0.25, 0.3) is 5.91 Å². The van der Waals surface area contributed by atoms with Gasteiger partial charge < -0.3 is 9.64 Å². The number of fused-ring (bicyclic) bond motifs is 1. The molecule has 0 bridgehead atoms. The molecule has 27 heavy (non-hydrogen) atoms. The van der Waals surface area contributed by atoms with Crippen LogP contribution in [0.1, 0.15) is 47.1 Å². The Kier molecular flexibility index (Phi) is 5.11. The average molecular weight is 369 g/mol. The van der Waals surface area contributed by atoms with Crippen LogP contribution >= 0.6 is 0 Å². The van der Waals surface area contributed by atoms with Gasteiger partial charge in [0.1, 0.15) is 5.69 Å². The van der Waals surface area contributed by atoms with E-state index >= 15 is 0 Å². The normalized spacial score (nSPS) is 21.0. The number of carbonyl (C=O) groups excluding carboxylic acids is 1. The maximum Gasteiger partial charge on any atom is 0.271 e. The molecule has 7 nitrogen and oxygen atoms in total. The monoisotopic (exact) mass is 369 g/mol. The van der Waals surface area contributed by atoms with Gasteiger partial charge in [-0.1, -0.05) is 6.07 Å². The first-order valence-electron chi connectivity index (χ1n) is 9.69. The predicted molar refractivity (Wildman–Crippen MR) is 102 cm³/mol. The standard InChI is InChI=1S/C20H27N5O2/c1-23-9-5-11-25-18(20(23)26)12-17(22-25)15-6-4-10-24(13-15)14-16-7-3-8-19(21-16)27-2/h3,7-8,12,15H,4-6,9-11,13-14H2,1-2H3/t15-/m0/s1. The van der Waals surface area contributed by atoms with Crippen molar-refractivity contribution >= 4 is 5.91 Å². The van der Waals surface area contributed by atoms with E-state index in [0.717, 1.165) is 69.1 Å². The van der Waals surface area contributed by atoms with E-state index in [1.54, 1.807) is 12.0 Å². The molecule has 1 atom stereocenters. The van der Waals surface area contributed by atoms with E-state index < -0.39 is 0 Å². The van der Waals surface area contributed by atoms with Crippen LogP contribution in [-0.2, 0) is 13.1 Å². The molecule has 0 radical (unpaired) electrons. The minimum absolute atomic E-state index is 0.0829. The number of hydrogen-bond donors (Lipinski definition) is 0. The molecule has 0 unspecified atom stereocenters. The zero-order chi connectivity index (χ0) is 18.8. The fraction of sp³-hybridized carbons (Fsp3) is 0.550. The topological polar surface area (TPSA) is 63.5 Å². The van der Waals surface area contributed by atoms with E-state index in [2.05, 4.69) is 9.88 Å². The lowest BCUT2D eigenvalue weighted by Crippen LogP contribution is -2.34. The van der Waals surface area contributed by atoms with E-state index in [9.17, 15) is 4.79 Å².